The van der Waals surface area contributed by atoms with Gasteiger partial charge in [0.2, 0.25) is 0 Å². The molecule has 4 rings (SSSR count). The second-order valence-electron chi connectivity index (χ2n) is 6.84. The number of amides is 2. The Bertz CT molecular complexity index is 1290. The van der Waals surface area contributed by atoms with Crippen molar-refractivity contribution in [2.45, 2.75) is 6.54 Å². The molecule has 0 atom stereocenters. The molecule has 0 spiro atoms. The highest BCUT2D eigenvalue weighted by Crippen LogP contribution is 2.15. The molecule has 160 valence electrons. The Balaban J connectivity index is 1.46. The third-order valence-electron chi connectivity index (χ3n) is 4.39. The Kier molecular flexibility index (Phi) is 6.17. The van der Waals surface area contributed by atoms with Crippen LogP contribution in [0.5, 0.6) is 0 Å². The molecule has 2 heterocycles. The van der Waals surface area contributed by atoms with Crippen LogP contribution in [0.3, 0.4) is 0 Å². The number of benzene rings is 2. The molecule has 9 heteroatoms. The maximum Gasteiger partial charge on any atom is 0.324 e. The van der Waals surface area contributed by atoms with Gasteiger partial charge in [-0.05, 0) is 54.1 Å². The molecule has 0 aliphatic carbocycles. The summed E-state index contributed by atoms with van der Waals surface area (Å²) < 4.78 is 14.7. The Morgan fingerprint density at radius 2 is 1.72 bits per heavy atom. The first-order valence-electron chi connectivity index (χ1n) is 9.74. The summed E-state index contributed by atoms with van der Waals surface area (Å²) in [5.41, 5.74) is 1.55. The minimum absolute atomic E-state index is 0.189. The summed E-state index contributed by atoms with van der Waals surface area (Å²) in [7, 11) is 0. The molecule has 0 saturated carbocycles. The smallest absolute Gasteiger partial charge is 0.324 e. The zero-order valence-corrected chi connectivity index (χ0v) is 16.8. The highest BCUT2D eigenvalue weighted by atomic mass is 19.1. The van der Waals surface area contributed by atoms with Crippen LogP contribution in [0.2, 0.25) is 0 Å². The van der Waals surface area contributed by atoms with Crippen molar-refractivity contribution < 1.29 is 9.18 Å². The van der Waals surface area contributed by atoms with Crippen molar-refractivity contribution in [3.8, 4) is 0 Å². The lowest BCUT2D eigenvalue weighted by molar-refractivity contribution is 0.262. The number of halogens is 1. The van der Waals surface area contributed by atoms with Gasteiger partial charge in [-0.25, -0.2) is 18.9 Å². The van der Waals surface area contributed by atoms with E-state index in [1.54, 1.807) is 54.7 Å². The van der Waals surface area contributed by atoms with E-state index in [1.807, 2.05) is 6.07 Å². The number of nitrogens with zero attached hydrogens (tertiary/aromatic N) is 3. The summed E-state index contributed by atoms with van der Waals surface area (Å²) in [6.45, 7) is 0.189. The minimum Gasteiger partial charge on any atom is -0.339 e. The molecule has 0 bridgehead atoms. The van der Waals surface area contributed by atoms with Gasteiger partial charge in [-0.15, -0.1) is 0 Å². The van der Waals surface area contributed by atoms with Crippen molar-refractivity contribution >= 4 is 29.0 Å². The van der Waals surface area contributed by atoms with Gasteiger partial charge in [0.05, 0.1) is 6.54 Å². The third-order valence-corrected chi connectivity index (χ3v) is 4.39. The average Bonchev–Trinajstić information content (AvgIpc) is 2.77. The van der Waals surface area contributed by atoms with E-state index >= 15 is 0 Å². The number of rotatable bonds is 6. The number of pyridine rings is 1. The Labute approximate surface area is 182 Å². The number of aromatic nitrogens is 3. The molecule has 0 radical (unpaired) electrons. The maximum absolute atomic E-state index is 13.4. The van der Waals surface area contributed by atoms with Crippen LogP contribution in [0.4, 0.5) is 32.2 Å². The van der Waals surface area contributed by atoms with E-state index in [-0.39, 0.29) is 17.9 Å². The van der Waals surface area contributed by atoms with E-state index in [0.29, 0.717) is 23.0 Å². The van der Waals surface area contributed by atoms with Crippen molar-refractivity contribution in [3.05, 3.63) is 107 Å². The van der Waals surface area contributed by atoms with Gasteiger partial charge in [-0.3, -0.25) is 10.1 Å². The largest absolute Gasteiger partial charge is 0.339 e. The van der Waals surface area contributed by atoms with Crippen molar-refractivity contribution in [1.29, 1.82) is 0 Å². The Morgan fingerprint density at radius 3 is 2.53 bits per heavy atom. The lowest BCUT2D eigenvalue weighted by atomic mass is 10.2. The zero-order valence-electron chi connectivity index (χ0n) is 16.8. The second kappa shape index (κ2) is 9.52. The van der Waals surface area contributed by atoms with Crippen molar-refractivity contribution in [1.82, 2.24) is 14.8 Å². The quantitative estimate of drug-likeness (QED) is 0.425. The third kappa shape index (κ3) is 5.54. The van der Waals surface area contributed by atoms with Crippen LogP contribution in [0.15, 0.2) is 89.9 Å². The van der Waals surface area contributed by atoms with Crippen LogP contribution < -0.4 is 21.5 Å². The predicted octanol–water partition coefficient (Wildman–Crippen LogP) is 4.21. The van der Waals surface area contributed by atoms with Crippen LogP contribution >= 0.6 is 0 Å². The number of hydrogen-bond acceptors (Lipinski definition) is 5. The lowest BCUT2D eigenvalue weighted by Gasteiger charge is -2.11. The summed E-state index contributed by atoms with van der Waals surface area (Å²) in [5, 5.41) is 12.7. The van der Waals surface area contributed by atoms with E-state index in [0.717, 1.165) is 5.56 Å². The summed E-state index contributed by atoms with van der Waals surface area (Å²) in [4.78, 5) is 28.5. The normalized spacial score (nSPS) is 10.4. The number of anilines is 4. The predicted molar refractivity (Wildman–Crippen MR) is 121 cm³/mol. The second-order valence-corrected chi connectivity index (χ2v) is 6.84. The number of carbonyl (C=O) groups is 1. The number of urea groups is 1. The molecular formula is C23H19FN6O2. The lowest BCUT2D eigenvalue weighted by Crippen LogP contribution is -2.23. The van der Waals surface area contributed by atoms with Gasteiger partial charge in [0, 0.05) is 23.6 Å². The van der Waals surface area contributed by atoms with E-state index in [4.69, 9.17) is 0 Å². The van der Waals surface area contributed by atoms with Gasteiger partial charge in [-0.1, -0.05) is 24.3 Å². The minimum atomic E-state index is -0.433. The molecule has 2 aromatic carbocycles. The van der Waals surface area contributed by atoms with Gasteiger partial charge >= 0.3 is 6.03 Å². The molecule has 4 aromatic rings. The fourth-order valence-electron chi connectivity index (χ4n) is 2.98. The molecule has 3 N–H and O–H groups in total. The Morgan fingerprint density at radius 1 is 0.875 bits per heavy atom. The molecular weight excluding hydrogens is 411 g/mol. The molecule has 0 unspecified atom stereocenters. The van der Waals surface area contributed by atoms with Gasteiger partial charge in [0.1, 0.15) is 11.6 Å². The van der Waals surface area contributed by atoms with Gasteiger partial charge < -0.3 is 10.6 Å². The maximum atomic E-state index is 13.4. The molecule has 0 fully saturated rings. The van der Waals surface area contributed by atoms with Gasteiger partial charge in [0.15, 0.2) is 5.82 Å². The van der Waals surface area contributed by atoms with Crippen molar-refractivity contribution in [2.24, 2.45) is 0 Å². The van der Waals surface area contributed by atoms with Gasteiger partial charge in [0.25, 0.3) is 5.56 Å². The van der Waals surface area contributed by atoms with E-state index in [9.17, 15) is 14.0 Å². The standard InChI is InChI=1S/C23H19FN6O2/c24-17-6-4-8-19(14-17)26-21-10-11-22(31)30(29-21)15-16-5-3-7-18(13-16)27-23(32)28-20-9-1-2-12-25-20/h1-14H,15H2,(H,26,29)(H2,25,27,28,32). The summed E-state index contributed by atoms with van der Waals surface area (Å²) in [6.07, 6.45) is 1.58. The molecule has 0 saturated heterocycles. The monoisotopic (exact) mass is 430 g/mol. The number of carbonyl (C=O) groups excluding carboxylic acids is 1. The topological polar surface area (TPSA) is 101 Å². The summed E-state index contributed by atoms with van der Waals surface area (Å²) in [6, 6.07) is 20.7. The van der Waals surface area contributed by atoms with Crippen LogP contribution in [0.25, 0.3) is 0 Å². The van der Waals surface area contributed by atoms with E-state index in [2.05, 4.69) is 26.0 Å². The average molecular weight is 430 g/mol. The van der Waals surface area contributed by atoms with Crippen LogP contribution in [-0.2, 0) is 6.54 Å². The molecule has 8 nitrogen and oxygen atoms in total. The summed E-state index contributed by atoms with van der Waals surface area (Å²) >= 11 is 0. The zero-order chi connectivity index (χ0) is 22.3. The molecule has 32 heavy (non-hydrogen) atoms. The molecule has 2 amide bonds. The first-order chi connectivity index (χ1) is 15.5. The molecule has 0 aliphatic heterocycles. The van der Waals surface area contributed by atoms with Crippen LogP contribution in [-0.4, -0.2) is 20.8 Å². The fraction of sp³-hybridized carbons (Fsp3) is 0.0435. The number of hydrogen-bond donors (Lipinski definition) is 3. The van der Waals surface area contributed by atoms with Crippen molar-refractivity contribution in [2.75, 3.05) is 16.0 Å². The van der Waals surface area contributed by atoms with Gasteiger partial charge in [-0.2, -0.15) is 5.10 Å². The van der Waals surface area contributed by atoms with Crippen LogP contribution in [0.1, 0.15) is 5.56 Å². The Hall–Kier alpha value is -4.53. The molecule has 0 aliphatic rings. The highest BCUT2D eigenvalue weighted by Gasteiger charge is 2.07. The van der Waals surface area contributed by atoms with Crippen LogP contribution in [0, 0.1) is 5.82 Å². The fourth-order valence-corrected chi connectivity index (χ4v) is 2.98. The number of nitrogens with one attached hydrogen (secondary N) is 3. The van der Waals surface area contributed by atoms with E-state index < -0.39 is 6.03 Å². The molecule has 2 aromatic heterocycles. The first-order valence-corrected chi connectivity index (χ1v) is 9.74. The van der Waals surface area contributed by atoms with E-state index in [1.165, 1.54) is 28.9 Å². The first kappa shape index (κ1) is 20.7. The van der Waals surface area contributed by atoms with Crippen molar-refractivity contribution in [3.63, 3.8) is 0 Å². The summed E-state index contributed by atoms with van der Waals surface area (Å²) in [5.74, 6) is 0.457. The highest BCUT2D eigenvalue weighted by molar-refractivity contribution is 5.99. The SMILES string of the molecule is O=C(Nc1cccc(Cn2nc(Nc3cccc(F)c3)ccc2=O)c1)Nc1ccccn1.